The molecule has 0 fully saturated rings. The third-order valence-electron chi connectivity index (χ3n) is 4.16. The number of aromatic nitrogens is 1. The van der Waals surface area contributed by atoms with Gasteiger partial charge in [-0.05, 0) is 31.8 Å². The Hall–Kier alpha value is -2.60. The van der Waals surface area contributed by atoms with Crippen LogP contribution in [-0.4, -0.2) is 37.0 Å². The number of pyridine rings is 1. The lowest BCUT2D eigenvalue weighted by Crippen LogP contribution is -2.25. The largest absolute Gasteiger partial charge is 0.496 e. The molecule has 126 valence electrons. The van der Waals surface area contributed by atoms with Crippen LogP contribution in [0, 0.1) is 0 Å². The summed E-state index contributed by atoms with van der Waals surface area (Å²) < 4.78 is 5.46. The lowest BCUT2D eigenvalue weighted by Gasteiger charge is -2.26. The highest BCUT2D eigenvalue weighted by Crippen LogP contribution is 2.38. The van der Waals surface area contributed by atoms with Crippen LogP contribution < -0.4 is 15.8 Å². The van der Waals surface area contributed by atoms with Crippen molar-refractivity contribution in [2.45, 2.75) is 18.9 Å². The van der Waals surface area contributed by atoms with Crippen molar-refractivity contribution in [3.05, 3.63) is 47.0 Å². The Labute approximate surface area is 141 Å². The van der Waals surface area contributed by atoms with Gasteiger partial charge in [0.05, 0.1) is 7.11 Å². The summed E-state index contributed by atoms with van der Waals surface area (Å²) in [6, 6.07) is 9.81. The number of nitrogens with one attached hydrogen (secondary N) is 1. The smallest absolute Gasteiger partial charge is 0.226 e. The van der Waals surface area contributed by atoms with Gasteiger partial charge in [0.15, 0.2) is 0 Å². The molecule has 2 aromatic rings. The summed E-state index contributed by atoms with van der Waals surface area (Å²) in [5.74, 6) is 1.73. The van der Waals surface area contributed by atoms with Gasteiger partial charge in [-0.25, -0.2) is 4.98 Å². The highest BCUT2D eigenvalue weighted by Gasteiger charge is 2.28. The van der Waals surface area contributed by atoms with Crippen LogP contribution in [0.3, 0.4) is 0 Å². The van der Waals surface area contributed by atoms with E-state index in [2.05, 4.69) is 21.3 Å². The van der Waals surface area contributed by atoms with E-state index in [1.807, 2.05) is 32.3 Å². The zero-order valence-corrected chi connectivity index (χ0v) is 14.2. The van der Waals surface area contributed by atoms with Crippen LogP contribution in [0.1, 0.15) is 29.0 Å². The second-order valence-electron chi connectivity index (χ2n) is 6.29. The number of rotatable bonds is 4. The number of amides is 1. The van der Waals surface area contributed by atoms with Gasteiger partial charge in [0.2, 0.25) is 5.91 Å². The lowest BCUT2D eigenvalue weighted by molar-refractivity contribution is -0.116. The highest BCUT2D eigenvalue weighted by atomic mass is 16.5. The summed E-state index contributed by atoms with van der Waals surface area (Å²) in [7, 11) is 5.70. The number of hydrogen-bond donors (Lipinski definition) is 2. The van der Waals surface area contributed by atoms with E-state index in [4.69, 9.17) is 10.5 Å². The molecule has 0 saturated carbocycles. The Bertz CT molecular complexity index is 774. The molecular weight excluding hydrogens is 304 g/mol. The van der Waals surface area contributed by atoms with Crippen molar-refractivity contribution < 1.29 is 9.53 Å². The van der Waals surface area contributed by atoms with Gasteiger partial charge < -0.3 is 20.7 Å². The van der Waals surface area contributed by atoms with Gasteiger partial charge in [-0.15, -0.1) is 0 Å². The van der Waals surface area contributed by atoms with Crippen molar-refractivity contribution in [3.8, 4) is 5.75 Å². The molecule has 0 spiro atoms. The van der Waals surface area contributed by atoms with E-state index in [1.165, 1.54) is 0 Å². The van der Waals surface area contributed by atoms with Crippen LogP contribution in [0.15, 0.2) is 30.3 Å². The van der Waals surface area contributed by atoms with E-state index in [-0.39, 0.29) is 11.8 Å². The molecule has 6 heteroatoms. The fourth-order valence-corrected chi connectivity index (χ4v) is 3.12. The standard InChI is InChI=1S/C18H22N4O2/c1-22(2)10-12-8-11(4-6-15(12)24-3)14-9-17(23)21-18-13(14)5-7-16(19)20-18/h4-8,14H,9-10H2,1-3H3,(H3,19,20,21,23). The molecule has 6 nitrogen and oxygen atoms in total. The first-order valence-electron chi connectivity index (χ1n) is 7.85. The Kier molecular flexibility index (Phi) is 4.40. The first-order valence-corrected chi connectivity index (χ1v) is 7.85. The zero-order valence-electron chi connectivity index (χ0n) is 14.2. The molecule has 1 aliphatic heterocycles. The molecule has 1 atom stereocenters. The number of fused-ring (bicyclic) bond motifs is 1. The summed E-state index contributed by atoms with van der Waals surface area (Å²) in [5, 5.41) is 2.81. The molecule has 3 rings (SSSR count). The number of nitrogen functional groups attached to an aromatic ring is 1. The number of nitrogens with zero attached hydrogens (tertiary/aromatic N) is 2. The Morgan fingerprint density at radius 3 is 2.83 bits per heavy atom. The number of ether oxygens (including phenoxy) is 1. The maximum Gasteiger partial charge on any atom is 0.226 e. The van der Waals surface area contributed by atoms with Crippen molar-refractivity contribution in [1.29, 1.82) is 0 Å². The topological polar surface area (TPSA) is 80.5 Å². The molecule has 3 N–H and O–H groups in total. The summed E-state index contributed by atoms with van der Waals surface area (Å²) in [5.41, 5.74) is 8.91. The monoisotopic (exact) mass is 326 g/mol. The van der Waals surface area contributed by atoms with Crippen LogP contribution >= 0.6 is 0 Å². The van der Waals surface area contributed by atoms with Gasteiger partial charge in [0.1, 0.15) is 17.4 Å². The van der Waals surface area contributed by atoms with Gasteiger partial charge in [-0.1, -0.05) is 18.2 Å². The third kappa shape index (κ3) is 3.19. The summed E-state index contributed by atoms with van der Waals surface area (Å²) in [4.78, 5) is 18.4. The fraction of sp³-hybridized carbons (Fsp3) is 0.333. The quantitative estimate of drug-likeness (QED) is 0.900. The Balaban J connectivity index is 2.04. The SMILES string of the molecule is COc1ccc(C2CC(=O)Nc3nc(N)ccc32)cc1CN(C)C. The average Bonchev–Trinajstić information content (AvgIpc) is 2.53. The molecular formula is C18H22N4O2. The van der Waals surface area contributed by atoms with Gasteiger partial charge >= 0.3 is 0 Å². The first kappa shape index (κ1) is 16.3. The molecule has 1 aromatic heterocycles. The van der Waals surface area contributed by atoms with Gasteiger partial charge in [0.25, 0.3) is 0 Å². The maximum absolute atomic E-state index is 12.1. The molecule has 0 saturated heterocycles. The third-order valence-corrected chi connectivity index (χ3v) is 4.16. The molecule has 1 aromatic carbocycles. The van der Waals surface area contributed by atoms with Gasteiger partial charge in [-0.3, -0.25) is 4.79 Å². The fourth-order valence-electron chi connectivity index (χ4n) is 3.12. The minimum atomic E-state index is -0.0458. The Morgan fingerprint density at radius 2 is 2.12 bits per heavy atom. The maximum atomic E-state index is 12.1. The van der Waals surface area contributed by atoms with Crippen molar-refractivity contribution in [2.75, 3.05) is 32.3 Å². The van der Waals surface area contributed by atoms with E-state index in [1.54, 1.807) is 13.2 Å². The zero-order chi connectivity index (χ0) is 17.3. The Morgan fingerprint density at radius 1 is 1.33 bits per heavy atom. The van der Waals surface area contributed by atoms with E-state index < -0.39 is 0 Å². The minimum Gasteiger partial charge on any atom is -0.496 e. The van der Waals surface area contributed by atoms with Crippen molar-refractivity contribution in [2.24, 2.45) is 0 Å². The highest BCUT2D eigenvalue weighted by molar-refractivity contribution is 5.94. The average molecular weight is 326 g/mol. The van der Waals surface area contributed by atoms with Crippen LogP contribution in [0.4, 0.5) is 11.6 Å². The molecule has 2 heterocycles. The second-order valence-corrected chi connectivity index (χ2v) is 6.29. The van der Waals surface area contributed by atoms with E-state index >= 15 is 0 Å². The number of methoxy groups -OCH3 is 1. The number of benzene rings is 1. The number of anilines is 2. The molecule has 24 heavy (non-hydrogen) atoms. The van der Waals surface area contributed by atoms with Crippen molar-refractivity contribution >= 4 is 17.5 Å². The summed E-state index contributed by atoms with van der Waals surface area (Å²) in [6.45, 7) is 0.767. The molecule has 1 aliphatic rings. The predicted octanol–water partition coefficient (Wildman–Crippen LogP) is 2.21. The number of carbonyl (C=O) groups excluding carboxylic acids is 1. The second kappa shape index (κ2) is 6.49. The van der Waals surface area contributed by atoms with E-state index in [0.29, 0.717) is 18.1 Å². The normalized spacial score (nSPS) is 16.7. The first-order chi connectivity index (χ1) is 11.5. The van der Waals surface area contributed by atoms with Crippen molar-refractivity contribution in [1.82, 2.24) is 9.88 Å². The van der Waals surface area contributed by atoms with Gasteiger partial charge in [-0.2, -0.15) is 0 Å². The van der Waals surface area contributed by atoms with Crippen LogP contribution in [0.25, 0.3) is 0 Å². The number of nitrogens with two attached hydrogens (primary N) is 1. The van der Waals surface area contributed by atoms with Gasteiger partial charge in [0, 0.05) is 30.0 Å². The molecule has 1 amide bonds. The number of carbonyl (C=O) groups is 1. The molecule has 0 radical (unpaired) electrons. The summed E-state index contributed by atoms with van der Waals surface area (Å²) in [6.07, 6.45) is 0.395. The molecule has 0 bridgehead atoms. The number of hydrogen-bond acceptors (Lipinski definition) is 5. The molecule has 1 unspecified atom stereocenters. The van der Waals surface area contributed by atoms with Crippen molar-refractivity contribution in [3.63, 3.8) is 0 Å². The molecule has 0 aliphatic carbocycles. The van der Waals surface area contributed by atoms with Crippen LogP contribution in [0.5, 0.6) is 5.75 Å². The van der Waals surface area contributed by atoms with E-state index in [9.17, 15) is 4.79 Å². The summed E-state index contributed by atoms with van der Waals surface area (Å²) >= 11 is 0. The lowest BCUT2D eigenvalue weighted by atomic mass is 9.85. The van der Waals surface area contributed by atoms with E-state index in [0.717, 1.165) is 29.0 Å². The predicted molar refractivity (Wildman–Crippen MR) is 94.1 cm³/mol. The van der Waals surface area contributed by atoms with Crippen LogP contribution in [0.2, 0.25) is 0 Å². The minimum absolute atomic E-state index is 0.0336. The van der Waals surface area contributed by atoms with Crippen LogP contribution in [-0.2, 0) is 11.3 Å².